The van der Waals surface area contributed by atoms with Crippen LogP contribution >= 0.6 is 11.3 Å². The van der Waals surface area contributed by atoms with Crippen LogP contribution in [0.5, 0.6) is 0 Å². The molecule has 17 heavy (non-hydrogen) atoms. The maximum absolute atomic E-state index is 11.3. The first-order valence-corrected chi connectivity index (χ1v) is 6.06. The second kappa shape index (κ2) is 5.69. The van der Waals surface area contributed by atoms with E-state index in [0.717, 1.165) is 9.88 Å². The fourth-order valence-electron chi connectivity index (χ4n) is 0.963. The summed E-state index contributed by atoms with van der Waals surface area (Å²) in [6.45, 7) is 7.68. The monoisotopic (exact) mass is 252 g/mol. The quantitative estimate of drug-likeness (QED) is 0.780. The van der Waals surface area contributed by atoms with E-state index in [1.54, 1.807) is 6.20 Å². The number of nitrogens with one attached hydrogen (secondary N) is 1. The van der Waals surface area contributed by atoms with Crippen molar-refractivity contribution in [3.8, 4) is 11.8 Å². The second-order valence-corrected chi connectivity index (χ2v) is 5.67. The van der Waals surface area contributed by atoms with Crippen LogP contribution in [-0.2, 0) is 4.74 Å². The molecule has 0 aliphatic rings. The van der Waals surface area contributed by atoms with Gasteiger partial charge in [0.2, 0.25) is 0 Å². The lowest BCUT2D eigenvalue weighted by Crippen LogP contribution is -2.32. The molecule has 92 valence electrons. The molecule has 0 aliphatic heterocycles. The van der Waals surface area contributed by atoms with Crippen LogP contribution in [0.1, 0.15) is 30.7 Å². The molecule has 1 heterocycles. The van der Waals surface area contributed by atoms with Gasteiger partial charge in [-0.05, 0) is 33.6 Å². The highest BCUT2D eigenvalue weighted by atomic mass is 32.1. The van der Waals surface area contributed by atoms with Crippen LogP contribution in [0.15, 0.2) is 6.20 Å². The molecule has 0 unspecified atom stereocenters. The van der Waals surface area contributed by atoms with E-state index in [2.05, 4.69) is 22.1 Å². The molecule has 1 amide bonds. The molecule has 0 spiro atoms. The van der Waals surface area contributed by atoms with E-state index >= 15 is 0 Å². The maximum Gasteiger partial charge on any atom is 0.408 e. The van der Waals surface area contributed by atoms with Crippen LogP contribution in [0.2, 0.25) is 0 Å². The molecule has 0 atom stereocenters. The molecular weight excluding hydrogens is 236 g/mol. The molecule has 0 fully saturated rings. The van der Waals surface area contributed by atoms with E-state index < -0.39 is 11.7 Å². The first-order chi connectivity index (χ1) is 7.87. The van der Waals surface area contributed by atoms with Crippen LogP contribution in [0.4, 0.5) is 4.79 Å². The van der Waals surface area contributed by atoms with Gasteiger partial charge in [-0.1, -0.05) is 5.92 Å². The molecule has 0 bridgehead atoms. The van der Waals surface area contributed by atoms with E-state index in [4.69, 9.17) is 4.74 Å². The average Bonchev–Trinajstić information content (AvgIpc) is 2.56. The van der Waals surface area contributed by atoms with Gasteiger partial charge in [0.15, 0.2) is 5.01 Å². The Bertz CT molecular complexity index is 449. The van der Waals surface area contributed by atoms with Crippen molar-refractivity contribution >= 4 is 17.4 Å². The fraction of sp³-hybridized carbons (Fsp3) is 0.500. The van der Waals surface area contributed by atoms with E-state index in [-0.39, 0.29) is 6.54 Å². The fourth-order valence-corrected chi connectivity index (χ4v) is 1.60. The molecule has 0 radical (unpaired) electrons. The molecule has 1 N–H and O–H groups in total. The van der Waals surface area contributed by atoms with E-state index in [0.29, 0.717) is 0 Å². The summed E-state index contributed by atoms with van der Waals surface area (Å²) >= 11 is 1.53. The molecule has 0 aliphatic carbocycles. The number of thiazole rings is 1. The third-order valence-corrected chi connectivity index (χ3v) is 2.36. The third-order valence-electron chi connectivity index (χ3n) is 1.54. The zero-order valence-corrected chi connectivity index (χ0v) is 11.3. The van der Waals surface area contributed by atoms with Crippen molar-refractivity contribution in [1.29, 1.82) is 0 Å². The lowest BCUT2D eigenvalue weighted by atomic mass is 10.2. The predicted octanol–water partition coefficient (Wildman–Crippen LogP) is 2.33. The standard InChI is InChI=1S/C12H16N2O2S/c1-9-8-14-10(17-9)6-5-7-13-11(15)16-12(2,3)4/h8H,7H2,1-4H3,(H,13,15). The van der Waals surface area contributed by atoms with Gasteiger partial charge in [-0.3, -0.25) is 0 Å². The molecule has 0 aromatic carbocycles. The first kappa shape index (κ1) is 13.5. The van der Waals surface area contributed by atoms with Crippen molar-refractivity contribution in [3.05, 3.63) is 16.1 Å². The van der Waals surface area contributed by atoms with Gasteiger partial charge < -0.3 is 10.1 Å². The molecule has 4 nitrogen and oxygen atoms in total. The van der Waals surface area contributed by atoms with Gasteiger partial charge in [0.05, 0.1) is 6.54 Å². The Morgan fingerprint density at radius 2 is 2.29 bits per heavy atom. The first-order valence-electron chi connectivity index (χ1n) is 5.25. The van der Waals surface area contributed by atoms with Crippen molar-refractivity contribution in [2.24, 2.45) is 0 Å². The smallest absolute Gasteiger partial charge is 0.408 e. The summed E-state index contributed by atoms with van der Waals surface area (Å²) < 4.78 is 5.06. The minimum atomic E-state index is -0.482. The van der Waals surface area contributed by atoms with Crippen LogP contribution in [0.25, 0.3) is 0 Å². The highest BCUT2D eigenvalue weighted by Crippen LogP contribution is 2.09. The SMILES string of the molecule is Cc1cnc(C#CCNC(=O)OC(C)(C)C)s1. The molecule has 1 aromatic rings. The highest BCUT2D eigenvalue weighted by Gasteiger charge is 2.14. The average molecular weight is 252 g/mol. The molecule has 0 saturated heterocycles. The minimum Gasteiger partial charge on any atom is -0.444 e. The second-order valence-electron chi connectivity index (χ2n) is 4.43. The largest absolute Gasteiger partial charge is 0.444 e. The number of nitrogens with zero attached hydrogens (tertiary/aromatic N) is 1. The van der Waals surface area contributed by atoms with Crippen LogP contribution < -0.4 is 5.32 Å². The van der Waals surface area contributed by atoms with E-state index in [9.17, 15) is 4.79 Å². The number of aryl methyl sites for hydroxylation is 1. The van der Waals surface area contributed by atoms with Gasteiger partial charge in [0, 0.05) is 11.1 Å². The Kier molecular flexibility index (Phi) is 4.53. The van der Waals surface area contributed by atoms with Gasteiger partial charge in [-0.25, -0.2) is 9.78 Å². The summed E-state index contributed by atoms with van der Waals surface area (Å²) in [6.07, 6.45) is 1.32. The summed E-state index contributed by atoms with van der Waals surface area (Å²) in [4.78, 5) is 16.5. The predicted molar refractivity (Wildman–Crippen MR) is 68.0 cm³/mol. The van der Waals surface area contributed by atoms with E-state index in [1.807, 2.05) is 27.7 Å². The van der Waals surface area contributed by atoms with Crippen molar-refractivity contribution < 1.29 is 9.53 Å². The Balaban J connectivity index is 2.33. The Morgan fingerprint density at radius 3 is 2.82 bits per heavy atom. The molecule has 1 rings (SSSR count). The summed E-state index contributed by atoms with van der Waals surface area (Å²) in [6, 6.07) is 0. The number of ether oxygens (including phenoxy) is 1. The molecule has 1 aromatic heterocycles. The van der Waals surface area contributed by atoms with Gasteiger partial charge in [-0.2, -0.15) is 0 Å². The van der Waals surface area contributed by atoms with Crippen LogP contribution in [0.3, 0.4) is 0 Å². The maximum atomic E-state index is 11.3. The van der Waals surface area contributed by atoms with Crippen molar-refractivity contribution in [3.63, 3.8) is 0 Å². The number of carbonyl (C=O) groups is 1. The minimum absolute atomic E-state index is 0.257. The van der Waals surface area contributed by atoms with Crippen LogP contribution in [-0.4, -0.2) is 23.2 Å². The number of aromatic nitrogens is 1. The van der Waals surface area contributed by atoms with Gasteiger partial charge in [0.1, 0.15) is 5.60 Å². The Labute approximate surface area is 105 Å². The van der Waals surface area contributed by atoms with Crippen LogP contribution in [0, 0.1) is 18.8 Å². The Hall–Kier alpha value is -1.54. The highest BCUT2D eigenvalue weighted by molar-refractivity contribution is 7.12. The van der Waals surface area contributed by atoms with Crippen molar-refractivity contribution in [2.45, 2.75) is 33.3 Å². The summed E-state index contributed by atoms with van der Waals surface area (Å²) in [7, 11) is 0. The number of carbonyl (C=O) groups excluding carboxylic acids is 1. The summed E-state index contributed by atoms with van der Waals surface area (Å²) in [5.41, 5.74) is -0.482. The summed E-state index contributed by atoms with van der Waals surface area (Å²) in [5, 5.41) is 3.32. The van der Waals surface area contributed by atoms with Gasteiger partial charge >= 0.3 is 6.09 Å². The topological polar surface area (TPSA) is 51.2 Å². The lowest BCUT2D eigenvalue weighted by molar-refractivity contribution is 0.0535. The lowest BCUT2D eigenvalue weighted by Gasteiger charge is -2.18. The number of hydrogen-bond donors (Lipinski definition) is 1. The Morgan fingerprint density at radius 1 is 1.59 bits per heavy atom. The zero-order chi connectivity index (χ0) is 12.9. The number of alkyl carbamates (subject to hydrolysis) is 1. The molecule has 5 heteroatoms. The zero-order valence-electron chi connectivity index (χ0n) is 10.5. The number of amides is 1. The van der Waals surface area contributed by atoms with Gasteiger partial charge in [0.25, 0.3) is 0 Å². The molecular formula is C12H16N2O2S. The van der Waals surface area contributed by atoms with E-state index in [1.165, 1.54) is 11.3 Å². The number of hydrogen-bond acceptors (Lipinski definition) is 4. The number of rotatable bonds is 1. The third kappa shape index (κ3) is 5.93. The summed E-state index contributed by atoms with van der Waals surface area (Å²) in [5.74, 6) is 5.69. The van der Waals surface area contributed by atoms with Gasteiger partial charge in [-0.15, -0.1) is 11.3 Å². The van der Waals surface area contributed by atoms with Crippen molar-refractivity contribution in [1.82, 2.24) is 10.3 Å². The van der Waals surface area contributed by atoms with Crippen molar-refractivity contribution in [2.75, 3.05) is 6.54 Å². The molecule has 0 saturated carbocycles. The normalized spacial score (nSPS) is 10.4.